The normalized spacial score (nSPS) is 10.3. The Balaban J connectivity index is 2.26. The van der Waals surface area contributed by atoms with Crippen molar-refractivity contribution >= 4 is 40.5 Å². The van der Waals surface area contributed by atoms with Crippen LogP contribution < -0.4 is 5.73 Å². The minimum absolute atomic E-state index is 0.0366. The topological polar surface area (TPSA) is 49.9 Å². The highest BCUT2D eigenvalue weighted by atomic mass is 35.5. The first kappa shape index (κ1) is 11.5. The molecule has 5 heteroatoms. The monoisotopic (exact) mass is 268 g/mol. The lowest BCUT2D eigenvalue weighted by atomic mass is 10.2. The third kappa shape index (κ3) is 2.58. The summed E-state index contributed by atoms with van der Waals surface area (Å²) in [6, 6.07) is 9.48. The van der Waals surface area contributed by atoms with E-state index in [0.717, 1.165) is 4.90 Å². The number of benzene rings is 1. The predicted octanol–water partition coefficient (Wildman–Crippen LogP) is 3.84. The molecule has 1 heterocycles. The molecule has 2 rings (SSSR count). The standard InChI is InChI=1S/C11H9ClN2S2/c12-8-6-7(11(13)14)3-4-9(8)16-10-2-1-5-15-10/h1-6H,(H3,13,14). The molecule has 0 aliphatic carbocycles. The molecular formula is C11H9ClN2S2. The van der Waals surface area contributed by atoms with Crippen molar-refractivity contribution in [3.63, 3.8) is 0 Å². The van der Waals surface area contributed by atoms with Crippen molar-refractivity contribution in [2.24, 2.45) is 5.73 Å². The van der Waals surface area contributed by atoms with Gasteiger partial charge in [0.1, 0.15) is 5.84 Å². The molecule has 1 aromatic carbocycles. The molecule has 0 saturated carbocycles. The van der Waals surface area contributed by atoms with Gasteiger partial charge in [0.25, 0.3) is 0 Å². The van der Waals surface area contributed by atoms with E-state index in [1.165, 1.54) is 4.21 Å². The molecule has 0 bridgehead atoms. The van der Waals surface area contributed by atoms with Gasteiger partial charge >= 0.3 is 0 Å². The zero-order chi connectivity index (χ0) is 11.5. The Morgan fingerprint density at radius 3 is 2.75 bits per heavy atom. The van der Waals surface area contributed by atoms with E-state index >= 15 is 0 Å². The smallest absolute Gasteiger partial charge is 0.122 e. The highest BCUT2D eigenvalue weighted by molar-refractivity contribution is 8.01. The summed E-state index contributed by atoms with van der Waals surface area (Å²) in [5.74, 6) is 0.0366. The number of nitrogen functional groups attached to an aromatic ring is 1. The van der Waals surface area contributed by atoms with Crippen molar-refractivity contribution in [2.45, 2.75) is 9.10 Å². The maximum absolute atomic E-state index is 7.31. The number of thiophene rings is 1. The molecule has 82 valence electrons. The first-order valence-corrected chi connectivity index (χ1v) is 6.59. The van der Waals surface area contributed by atoms with Crippen LogP contribution in [0.1, 0.15) is 5.56 Å². The average molecular weight is 269 g/mol. The lowest BCUT2D eigenvalue weighted by Crippen LogP contribution is -2.10. The minimum atomic E-state index is 0.0366. The molecule has 0 aliphatic rings. The summed E-state index contributed by atoms with van der Waals surface area (Å²) < 4.78 is 1.19. The van der Waals surface area contributed by atoms with Gasteiger partial charge in [-0.05, 0) is 23.6 Å². The molecule has 0 radical (unpaired) electrons. The molecule has 16 heavy (non-hydrogen) atoms. The number of amidine groups is 1. The van der Waals surface area contributed by atoms with Crippen LogP contribution in [-0.2, 0) is 0 Å². The number of hydrogen-bond acceptors (Lipinski definition) is 3. The van der Waals surface area contributed by atoms with Gasteiger partial charge in [-0.15, -0.1) is 11.3 Å². The zero-order valence-corrected chi connectivity index (χ0v) is 10.6. The molecule has 1 aromatic heterocycles. The zero-order valence-electron chi connectivity index (χ0n) is 8.24. The summed E-state index contributed by atoms with van der Waals surface area (Å²) >= 11 is 9.41. The van der Waals surface area contributed by atoms with Gasteiger partial charge < -0.3 is 5.73 Å². The second-order valence-corrected chi connectivity index (χ2v) is 5.79. The molecule has 0 saturated heterocycles. The van der Waals surface area contributed by atoms with Crippen molar-refractivity contribution in [1.82, 2.24) is 0 Å². The van der Waals surface area contributed by atoms with Crippen LogP contribution in [0.4, 0.5) is 0 Å². The fraction of sp³-hybridized carbons (Fsp3) is 0. The van der Waals surface area contributed by atoms with Crippen molar-refractivity contribution in [3.05, 3.63) is 46.3 Å². The number of nitrogens with one attached hydrogen (secondary N) is 1. The van der Waals surface area contributed by atoms with Crippen LogP contribution in [0.2, 0.25) is 5.02 Å². The quantitative estimate of drug-likeness (QED) is 0.656. The first-order valence-electron chi connectivity index (χ1n) is 4.52. The van der Waals surface area contributed by atoms with Crippen LogP contribution >= 0.6 is 34.7 Å². The molecule has 2 nitrogen and oxygen atoms in total. The second-order valence-electron chi connectivity index (χ2n) is 3.09. The lowest BCUT2D eigenvalue weighted by Gasteiger charge is -2.04. The van der Waals surface area contributed by atoms with Crippen LogP contribution in [0.5, 0.6) is 0 Å². The second kappa shape index (κ2) is 4.91. The van der Waals surface area contributed by atoms with E-state index in [4.69, 9.17) is 22.7 Å². The van der Waals surface area contributed by atoms with Gasteiger partial charge in [0.05, 0.1) is 9.23 Å². The van der Waals surface area contributed by atoms with E-state index in [0.29, 0.717) is 10.6 Å². The van der Waals surface area contributed by atoms with Crippen LogP contribution in [0.3, 0.4) is 0 Å². The molecule has 2 aromatic rings. The van der Waals surface area contributed by atoms with Gasteiger partial charge in [0.2, 0.25) is 0 Å². The van der Waals surface area contributed by atoms with E-state index in [2.05, 4.69) is 0 Å². The number of nitrogens with two attached hydrogens (primary N) is 1. The third-order valence-corrected chi connectivity index (χ3v) is 4.49. The van der Waals surface area contributed by atoms with Gasteiger partial charge in [-0.25, -0.2) is 0 Å². The number of rotatable bonds is 3. The maximum atomic E-state index is 7.31. The average Bonchev–Trinajstić information content (AvgIpc) is 2.73. The summed E-state index contributed by atoms with van der Waals surface area (Å²) in [7, 11) is 0. The lowest BCUT2D eigenvalue weighted by molar-refractivity contribution is 1.38. The van der Waals surface area contributed by atoms with Crippen molar-refractivity contribution in [3.8, 4) is 0 Å². The van der Waals surface area contributed by atoms with Gasteiger partial charge in [-0.1, -0.05) is 35.5 Å². The van der Waals surface area contributed by atoms with E-state index in [9.17, 15) is 0 Å². The Morgan fingerprint density at radius 2 is 2.19 bits per heavy atom. The Kier molecular flexibility index (Phi) is 3.53. The van der Waals surface area contributed by atoms with E-state index in [1.807, 2.05) is 29.6 Å². The largest absolute Gasteiger partial charge is 0.384 e. The summed E-state index contributed by atoms with van der Waals surface area (Å²) in [6.07, 6.45) is 0. The molecule has 0 spiro atoms. The van der Waals surface area contributed by atoms with Crippen molar-refractivity contribution in [1.29, 1.82) is 5.41 Å². The molecular weight excluding hydrogens is 260 g/mol. The fourth-order valence-corrected chi connectivity index (χ4v) is 3.21. The predicted molar refractivity (Wildman–Crippen MR) is 70.9 cm³/mol. The minimum Gasteiger partial charge on any atom is -0.384 e. The SMILES string of the molecule is N=C(N)c1ccc(Sc2cccs2)c(Cl)c1. The van der Waals surface area contributed by atoms with Crippen LogP contribution in [0.25, 0.3) is 0 Å². The summed E-state index contributed by atoms with van der Waals surface area (Å²) in [4.78, 5) is 0.981. The number of hydrogen-bond donors (Lipinski definition) is 2. The summed E-state index contributed by atoms with van der Waals surface area (Å²) in [5, 5.41) is 9.97. The Labute approximate surface area is 107 Å². The molecule has 0 unspecified atom stereocenters. The van der Waals surface area contributed by atoms with Gasteiger partial charge in [-0.2, -0.15) is 0 Å². The Bertz CT molecular complexity index is 509. The van der Waals surface area contributed by atoms with Gasteiger partial charge in [0, 0.05) is 10.5 Å². The van der Waals surface area contributed by atoms with Crippen LogP contribution in [0.15, 0.2) is 44.8 Å². The van der Waals surface area contributed by atoms with Crippen molar-refractivity contribution < 1.29 is 0 Å². The first-order chi connectivity index (χ1) is 7.66. The highest BCUT2D eigenvalue weighted by Crippen LogP contribution is 2.35. The summed E-state index contributed by atoms with van der Waals surface area (Å²) in [5.41, 5.74) is 6.04. The van der Waals surface area contributed by atoms with Crippen LogP contribution in [-0.4, -0.2) is 5.84 Å². The summed E-state index contributed by atoms with van der Waals surface area (Å²) in [6.45, 7) is 0. The van der Waals surface area contributed by atoms with E-state index in [1.54, 1.807) is 29.2 Å². The van der Waals surface area contributed by atoms with Gasteiger partial charge in [0.15, 0.2) is 0 Å². The molecule has 0 fully saturated rings. The van der Waals surface area contributed by atoms with E-state index < -0.39 is 0 Å². The third-order valence-electron chi connectivity index (χ3n) is 1.95. The maximum Gasteiger partial charge on any atom is 0.122 e. The van der Waals surface area contributed by atoms with Crippen LogP contribution in [0, 0.1) is 5.41 Å². The fourth-order valence-electron chi connectivity index (χ4n) is 1.18. The molecule has 3 N–H and O–H groups in total. The molecule has 0 aliphatic heterocycles. The molecule has 0 atom stereocenters. The Morgan fingerprint density at radius 1 is 1.38 bits per heavy atom. The highest BCUT2D eigenvalue weighted by Gasteiger charge is 2.05. The number of halogens is 1. The molecule has 0 amide bonds. The van der Waals surface area contributed by atoms with E-state index in [-0.39, 0.29) is 5.84 Å². The van der Waals surface area contributed by atoms with Crippen molar-refractivity contribution in [2.75, 3.05) is 0 Å². The Hall–Kier alpha value is -0.970. The van der Waals surface area contributed by atoms with Gasteiger partial charge in [-0.3, -0.25) is 5.41 Å².